The van der Waals surface area contributed by atoms with Gasteiger partial charge in [-0.1, -0.05) is 6.92 Å². The fourth-order valence-corrected chi connectivity index (χ4v) is 4.20. The summed E-state index contributed by atoms with van der Waals surface area (Å²) in [6.07, 6.45) is 2.20. The normalized spacial score (nSPS) is 15.8. The fourth-order valence-electron chi connectivity index (χ4n) is 4.20. The van der Waals surface area contributed by atoms with Gasteiger partial charge in [0.2, 0.25) is 5.91 Å². The molecule has 1 aliphatic rings. The molecule has 1 amide bonds. The lowest BCUT2D eigenvalue weighted by atomic mass is 9.87. The molecule has 164 valence electrons. The summed E-state index contributed by atoms with van der Waals surface area (Å²) in [7, 11) is 3.26. The molecule has 1 aliphatic heterocycles. The molecule has 4 rings (SSSR count). The molecule has 6 nitrogen and oxygen atoms in total. The van der Waals surface area contributed by atoms with Crippen LogP contribution in [0.25, 0.3) is 11.1 Å². The van der Waals surface area contributed by atoms with Crippen molar-refractivity contribution in [1.29, 1.82) is 0 Å². The van der Waals surface area contributed by atoms with Gasteiger partial charge in [0.05, 0.1) is 24.8 Å². The minimum Gasteiger partial charge on any atom is -0.497 e. The van der Waals surface area contributed by atoms with E-state index in [0.29, 0.717) is 29.0 Å². The molecule has 7 heteroatoms. The number of carbonyl (C=O) groups is 1. The van der Waals surface area contributed by atoms with Crippen LogP contribution in [0.5, 0.6) is 5.75 Å². The highest BCUT2D eigenvalue weighted by Gasteiger charge is 2.33. The average molecular weight is 433 g/mol. The first kappa shape index (κ1) is 21.5. The Morgan fingerprint density at radius 2 is 1.88 bits per heavy atom. The van der Waals surface area contributed by atoms with E-state index >= 15 is 0 Å². The lowest BCUT2D eigenvalue weighted by molar-refractivity contribution is -0.122. The molecule has 0 radical (unpaired) electrons. The molecule has 1 aromatic heterocycles. The van der Waals surface area contributed by atoms with Crippen LogP contribution in [-0.4, -0.2) is 23.3 Å². The Morgan fingerprint density at radius 3 is 2.50 bits per heavy atom. The Morgan fingerprint density at radius 1 is 1.16 bits per heavy atom. The molecule has 0 fully saturated rings. The second-order valence-corrected chi connectivity index (χ2v) is 7.85. The van der Waals surface area contributed by atoms with Gasteiger partial charge in [-0.05, 0) is 60.0 Å². The number of ether oxygens (including phenoxy) is 1. The molecule has 3 aromatic rings. The number of nitrogens with zero attached hydrogens (tertiary/aromatic N) is 2. The van der Waals surface area contributed by atoms with Crippen LogP contribution in [-0.2, 0) is 11.8 Å². The van der Waals surface area contributed by atoms with Crippen molar-refractivity contribution in [1.82, 2.24) is 4.57 Å². The number of nitrogens with two attached hydrogens (primary N) is 1. The first-order valence-electron chi connectivity index (χ1n) is 10.4. The molecule has 2 aromatic carbocycles. The zero-order valence-corrected chi connectivity index (χ0v) is 18.1. The number of benzene rings is 2. The first-order chi connectivity index (χ1) is 15.3. The number of primary amides is 1. The second kappa shape index (κ2) is 8.42. The van der Waals surface area contributed by atoms with Gasteiger partial charge in [-0.2, -0.15) is 0 Å². The van der Waals surface area contributed by atoms with E-state index in [2.05, 4.69) is 0 Å². The molecule has 0 aliphatic carbocycles. The van der Waals surface area contributed by atoms with E-state index in [9.17, 15) is 14.0 Å². The van der Waals surface area contributed by atoms with Gasteiger partial charge in [0.15, 0.2) is 0 Å². The smallest absolute Gasteiger partial charge is 0.250 e. The number of amides is 1. The lowest BCUT2D eigenvalue weighted by Crippen LogP contribution is -2.29. The summed E-state index contributed by atoms with van der Waals surface area (Å²) in [5.41, 5.74) is 9.83. The molecule has 2 atom stereocenters. The molecular weight excluding hydrogens is 409 g/mol. The molecule has 0 saturated heterocycles. The number of halogens is 1. The van der Waals surface area contributed by atoms with E-state index in [1.54, 1.807) is 32.5 Å². The predicted octanol–water partition coefficient (Wildman–Crippen LogP) is 3.60. The monoisotopic (exact) mass is 433 g/mol. The van der Waals surface area contributed by atoms with Gasteiger partial charge in [0, 0.05) is 36.0 Å². The summed E-state index contributed by atoms with van der Waals surface area (Å²) in [6, 6.07) is 12.5. The van der Waals surface area contributed by atoms with E-state index in [-0.39, 0.29) is 11.4 Å². The summed E-state index contributed by atoms with van der Waals surface area (Å²) < 4.78 is 20.6. The maximum atomic E-state index is 13.6. The highest BCUT2D eigenvalue weighted by atomic mass is 19.1. The zero-order valence-electron chi connectivity index (χ0n) is 18.1. The molecule has 0 saturated carbocycles. The topological polar surface area (TPSA) is 86.7 Å². The molecule has 0 spiro atoms. The Bertz CT molecular complexity index is 1280. The van der Waals surface area contributed by atoms with Gasteiger partial charge in [-0.25, -0.2) is 4.39 Å². The van der Waals surface area contributed by atoms with Gasteiger partial charge in [-0.3, -0.25) is 14.6 Å². The lowest BCUT2D eigenvalue weighted by Gasteiger charge is -2.22. The van der Waals surface area contributed by atoms with Gasteiger partial charge in [-0.15, -0.1) is 0 Å². The Balaban J connectivity index is 2.11. The van der Waals surface area contributed by atoms with E-state index in [1.165, 1.54) is 22.8 Å². The number of hydrogen-bond donors (Lipinski definition) is 1. The van der Waals surface area contributed by atoms with Crippen molar-refractivity contribution in [2.24, 2.45) is 23.7 Å². The number of hydrogen-bond acceptors (Lipinski definition) is 4. The van der Waals surface area contributed by atoms with Crippen LogP contribution in [0.2, 0.25) is 0 Å². The summed E-state index contributed by atoms with van der Waals surface area (Å²) in [5.74, 6) is -0.825. The number of aliphatic imine (C=N–C) groups is 1. The highest BCUT2D eigenvalue weighted by Crippen LogP contribution is 2.41. The van der Waals surface area contributed by atoms with Crippen molar-refractivity contribution in [3.05, 3.63) is 87.6 Å². The summed E-state index contributed by atoms with van der Waals surface area (Å²) >= 11 is 0. The number of aromatic nitrogens is 1. The number of rotatable bonds is 5. The third-order valence-corrected chi connectivity index (χ3v) is 5.92. The van der Waals surface area contributed by atoms with E-state index in [1.807, 2.05) is 25.1 Å². The molecule has 2 unspecified atom stereocenters. The zero-order chi connectivity index (χ0) is 23.0. The van der Waals surface area contributed by atoms with Gasteiger partial charge in [0.1, 0.15) is 11.6 Å². The van der Waals surface area contributed by atoms with Crippen molar-refractivity contribution in [2.45, 2.75) is 19.4 Å². The second-order valence-electron chi connectivity index (χ2n) is 7.85. The summed E-state index contributed by atoms with van der Waals surface area (Å²) in [5, 5.41) is 0. The largest absolute Gasteiger partial charge is 0.497 e. The molecule has 2 heterocycles. The molecule has 2 N–H and O–H groups in total. The minimum absolute atomic E-state index is 0.210. The number of methoxy groups -OCH3 is 1. The van der Waals surface area contributed by atoms with Crippen LogP contribution in [0.1, 0.15) is 36.1 Å². The van der Waals surface area contributed by atoms with Crippen LogP contribution in [0.15, 0.2) is 64.5 Å². The number of pyridine rings is 1. The van der Waals surface area contributed by atoms with Crippen molar-refractivity contribution in [2.75, 3.05) is 7.11 Å². The van der Waals surface area contributed by atoms with Crippen molar-refractivity contribution in [3.63, 3.8) is 0 Å². The fraction of sp³-hybridized carbons (Fsp3) is 0.240. The average Bonchev–Trinajstić information content (AvgIpc) is 2.90. The number of aryl methyl sites for hydroxylation is 1. The highest BCUT2D eigenvalue weighted by molar-refractivity contribution is 6.17. The molecular formula is C25H24FN3O3. The maximum Gasteiger partial charge on any atom is 0.250 e. The minimum atomic E-state index is -0.667. The quantitative estimate of drug-likeness (QED) is 0.667. The van der Waals surface area contributed by atoms with Crippen molar-refractivity contribution in [3.8, 4) is 16.9 Å². The SMILES string of the molecule is CCC(C(N)=O)C1N=C(c2ccc(F)cc2)c2ccc(OC)cc2-c2cn(C)c(=O)cc21. The third-order valence-electron chi connectivity index (χ3n) is 5.92. The summed E-state index contributed by atoms with van der Waals surface area (Å²) in [6.45, 7) is 1.87. The van der Waals surface area contributed by atoms with Crippen LogP contribution in [0.3, 0.4) is 0 Å². The van der Waals surface area contributed by atoms with Crippen molar-refractivity contribution >= 4 is 11.6 Å². The van der Waals surface area contributed by atoms with E-state index < -0.39 is 17.9 Å². The number of carbonyl (C=O) groups excluding carboxylic acids is 1. The van der Waals surface area contributed by atoms with Crippen LogP contribution < -0.4 is 16.0 Å². The molecule has 32 heavy (non-hydrogen) atoms. The van der Waals surface area contributed by atoms with E-state index in [4.69, 9.17) is 15.5 Å². The van der Waals surface area contributed by atoms with Crippen LogP contribution in [0.4, 0.5) is 4.39 Å². The van der Waals surface area contributed by atoms with Crippen LogP contribution in [0, 0.1) is 11.7 Å². The van der Waals surface area contributed by atoms with Gasteiger partial charge < -0.3 is 15.0 Å². The van der Waals surface area contributed by atoms with Crippen molar-refractivity contribution < 1.29 is 13.9 Å². The standard InChI is InChI=1S/C25H24FN3O3/c1-4-17(25(27)31)24-20-12-22(30)29(2)13-21(20)19-11-16(32-3)9-10-18(19)23(28-24)14-5-7-15(26)8-6-14/h5-13,17,24H,4H2,1-3H3,(H2,27,31). The maximum absolute atomic E-state index is 13.6. The Hall–Kier alpha value is -3.74. The third kappa shape index (κ3) is 3.70. The Kier molecular flexibility index (Phi) is 5.65. The van der Waals surface area contributed by atoms with Gasteiger partial charge in [0.25, 0.3) is 5.56 Å². The van der Waals surface area contributed by atoms with Gasteiger partial charge >= 0.3 is 0 Å². The first-order valence-corrected chi connectivity index (χ1v) is 10.4. The number of fused-ring (bicyclic) bond motifs is 3. The van der Waals surface area contributed by atoms with Crippen LogP contribution >= 0.6 is 0 Å². The summed E-state index contributed by atoms with van der Waals surface area (Å²) in [4.78, 5) is 29.9. The predicted molar refractivity (Wildman–Crippen MR) is 121 cm³/mol. The van der Waals surface area contributed by atoms with E-state index in [0.717, 1.165) is 16.7 Å². The molecule has 0 bridgehead atoms. The Labute approximate surface area is 185 Å².